The van der Waals surface area contributed by atoms with Gasteiger partial charge in [-0.1, -0.05) is 29.5 Å². The van der Waals surface area contributed by atoms with Crippen molar-refractivity contribution in [1.82, 2.24) is 14.8 Å². The highest BCUT2D eigenvalue weighted by Gasteiger charge is 2.32. The van der Waals surface area contributed by atoms with E-state index in [0.717, 1.165) is 29.5 Å². The average Bonchev–Trinajstić information content (AvgIpc) is 3.30. The minimum atomic E-state index is -0.310. The minimum Gasteiger partial charge on any atom is -0.465 e. The topological polar surface area (TPSA) is 57.0 Å². The maximum atomic E-state index is 11.9. The van der Waals surface area contributed by atoms with Crippen LogP contribution in [0.4, 0.5) is 0 Å². The van der Waals surface area contributed by atoms with Crippen LogP contribution in [0.25, 0.3) is 5.69 Å². The van der Waals surface area contributed by atoms with Crippen molar-refractivity contribution in [3.05, 3.63) is 35.7 Å². The fourth-order valence-electron chi connectivity index (χ4n) is 2.37. The lowest BCUT2D eigenvalue weighted by atomic mass is 10.2. The molecule has 1 fully saturated rings. The van der Waals surface area contributed by atoms with E-state index in [1.54, 1.807) is 0 Å². The molecule has 122 valence electrons. The second-order valence-electron chi connectivity index (χ2n) is 5.80. The number of benzene rings is 1. The Hall–Kier alpha value is -1.82. The normalized spacial score (nSPS) is 15.4. The molecule has 2 aromatic rings. The van der Waals surface area contributed by atoms with Gasteiger partial charge < -0.3 is 4.74 Å². The zero-order chi connectivity index (χ0) is 16.4. The first-order valence-electron chi connectivity index (χ1n) is 7.95. The van der Waals surface area contributed by atoms with Gasteiger partial charge in [-0.25, -0.2) is 0 Å². The van der Waals surface area contributed by atoms with E-state index in [0.29, 0.717) is 12.5 Å². The molecule has 1 saturated carbocycles. The molecule has 0 saturated heterocycles. The van der Waals surface area contributed by atoms with E-state index >= 15 is 0 Å². The summed E-state index contributed by atoms with van der Waals surface area (Å²) in [6.07, 6.45) is 2.31. The van der Waals surface area contributed by atoms with E-state index in [1.165, 1.54) is 17.3 Å². The third-order valence-electron chi connectivity index (χ3n) is 3.79. The first kappa shape index (κ1) is 16.1. The van der Waals surface area contributed by atoms with Crippen molar-refractivity contribution in [2.24, 2.45) is 0 Å². The summed E-state index contributed by atoms with van der Waals surface area (Å²) in [5, 5.41) is 9.14. The summed E-state index contributed by atoms with van der Waals surface area (Å²) in [6.45, 7) is 6.11. The molecule has 1 heterocycles. The summed E-state index contributed by atoms with van der Waals surface area (Å²) in [5.41, 5.74) is 2.25. The van der Waals surface area contributed by atoms with Crippen LogP contribution in [0.2, 0.25) is 0 Å². The standard InChI is InChI=1S/C17H21N3O2S/c1-4-22-16(21)12(3)23-17-19-18-15(13-7-8-13)20(17)14-9-5-11(2)6-10-14/h5-6,9-10,12-13H,4,7-8H2,1-3H3. The van der Waals surface area contributed by atoms with Crippen LogP contribution >= 0.6 is 11.8 Å². The molecule has 0 bridgehead atoms. The third-order valence-corrected chi connectivity index (χ3v) is 4.81. The van der Waals surface area contributed by atoms with Gasteiger partial charge in [0.15, 0.2) is 5.16 Å². The molecule has 1 aliphatic rings. The second-order valence-corrected chi connectivity index (χ2v) is 7.11. The van der Waals surface area contributed by atoms with Crippen LogP contribution in [0.5, 0.6) is 0 Å². The highest BCUT2D eigenvalue weighted by atomic mass is 32.2. The summed E-state index contributed by atoms with van der Waals surface area (Å²) in [5.74, 6) is 1.26. The number of hydrogen-bond acceptors (Lipinski definition) is 5. The van der Waals surface area contributed by atoms with E-state index in [1.807, 2.05) is 13.8 Å². The Morgan fingerprint density at radius 3 is 2.65 bits per heavy atom. The first-order chi connectivity index (χ1) is 11.1. The molecule has 1 atom stereocenters. The molecule has 0 spiro atoms. The van der Waals surface area contributed by atoms with E-state index < -0.39 is 0 Å². The van der Waals surface area contributed by atoms with Crippen LogP contribution in [0.1, 0.15) is 44.0 Å². The molecule has 5 nitrogen and oxygen atoms in total. The lowest BCUT2D eigenvalue weighted by molar-refractivity contribution is -0.142. The van der Waals surface area contributed by atoms with Crippen molar-refractivity contribution in [3.63, 3.8) is 0 Å². The van der Waals surface area contributed by atoms with Gasteiger partial charge in [-0.3, -0.25) is 9.36 Å². The Morgan fingerprint density at radius 2 is 2.04 bits per heavy atom. The molecule has 1 unspecified atom stereocenters. The van der Waals surface area contributed by atoms with Crippen molar-refractivity contribution in [2.75, 3.05) is 6.61 Å². The van der Waals surface area contributed by atoms with Crippen LogP contribution in [-0.2, 0) is 9.53 Å². The number of esters is 1. The van der Waals surface area contributed by atoms with Crippen molar-refractivity contribution < 1.29 is 9.53 Å². The first-order valence-corrected chi connectivity index (χ1v) is 8.83. The minimum absolute atomic E-state index is 0.219. The number of thioether (sulfide) groups is 1. The molecular weight excluding hydrogens is 310 g/mol. The maximum Gasteiger partial charge on any atom is 0.319 e. The van der Waals surface area contributed by atoms with Gasteiger partial charge in [0.05, 0.1) is 6.61 Å². The van der Waals surface area contributed by atoms with Crippen LogP contribution in [0, 0.1) is 6.92 Å². The van der Waals surface area contributed by atoms with Gasteiger partial charge in [0.25, 0.3) is 0 Å². The summed E-state index contributed by atoms with van der Waals surface area (Å²) < 4.78 is 7.17. The highest BCUT2D eigenvalue weighted by molar-refractivity contribution is 8.00. The second kappa shape index (κ2) is 6.74. The van der Waals surface area contributed by atoms with Gasteiger partial charge in [0, 0.05) is 11.6 Å². The molecule has 0 N–H and O–H groups in total. The predicted molar refractivity (Wildman–Crippen MR) is 90.0 cm³/mol. The molecule has 1 aromatic carbocycles. The predicted octanol–water partition coefficient (Wildman–Crippen LogP) is 3.50. The zero-order valence-corrected chi connectivity index (χ0v) is 14.5. The van der Waals surface area contributed by atoms with Crippen LogP contribution in [-0.4, -0.2) is 32.6 Å². The number of aromatic nitrogens is 3. The van der Waals surface area contributed by atoms with Crippen molar-refractivity contribution in [3.8, 4) is 5.69 Å². The zero-order valence-electron chi connectivity index (χ0n) is 13.7. The number of hydrogen-bond donors (Lipinski definition) is 0. The number of ether oxygens (including phenoxy) is 1. The Balaban J connectivity index is 1.91. The van der Waals surface area contributed by atoms with E-state index in [4.69, 9.17) is 4.74 Å². The fraction of sp³-hybridized carbons (Fsp3) is 0.471. The largest absolute Gasteiger partial charge is 0.465 e. The van der Waals surface area contributed by atoms with Gasteiger partial charge in [0.1, 0.15) is 11.1 Å². The highest BCUT2D eigenvalue weighted by Crippen LogP contribution is 2.41. The molecule has 1 aliphatic carbocycles. The van der Waals surface area contributed by atoms with Crippen LogP contribution in [0.15, 0.2) is 29.4 Å². The number of rotatable bonds is 6. The van der Waals surface area contributed by atoms with E-state index in [2.05, 4.69) is 46.0 Å². The maximum absolute atomic E-state index is 11.9. The number of aryl methyl sites for hydroxylation is 1. The average molecular weight is 331 g/mol. The van der Waals surface area contributed by atoms with Crippen LogP contribution < -0.4 is 0 Å². The van der Waals surface area contributed by atoms with Gasteiger partial charge in [0.2, 0.25) is 0 Å². The quantitative estimate of drug-likeness (QED) is 0.599. The Bertz CT molecular complexity index is 692. The fourth-order valence-corrected chi connectivity index (χ4v) is 3.24. The molecule has 0 radical (unpaired) electrons. The number of carbonyl (C=O) groups excluding carboxylic acids is 1. The Labute approximate surface area is 140 Å². The Kier molecular flexibility index (Phi) is 4.71. The molecule has 23 heavy (non-hydrogen) atoms. The third kappa shape index (κ3) is 3.58. The lowest BCUT2D eigenvalue weighted by Crippen LogP contribution is -2.17. The van der Waals surface area contributed by atoms with E-state index in [9.17, 15) is 4.79 Å². The summed E-state index contributed by atoms with van der Waals surface area (Å²) in [6, 6.07) is 8.30. The summed E-state index contributed by atoms with van der Waals surface area (Å²) >= 11 is 1.40. The molecular formula is C17H21N3O2S. The Morgan fingerprint density at radius 1 is 1.35 bits per heavy atom. The number of carbonyl (C=O) groups is 1. The summed E-state index contributed by atoms with van der Waals surface area (Å²) in [7, 11) is 0. The van der Waals surface area contributed by atoms with Crippen molar-refractivity contribution >= 4 is 17.7 Å². The van der Waals surface area contributed by atoms with E-state index in [-0.39, 0.29) is 11.2 Å². The molecule has 0 amide bonds. The SMILES string of the molecule is CCOC(=O)C(C)Sc1nnc(C2CC2)n1-c1ccc(C)cc1. The smallest absolute Gasteiger partial charge is 0.319 e. The lowest BCUT2D eigenvalue weighted by Gasteiger charge is -2.13. The van der Waals surface area contributed by atoms with Crippen molar-refractivity contribution in [2.45, 2.75) is 49.9 Å². The molecule has 0 aliphatic heterocycles. The van der Waals surface area contributed by atoms with Gasteiger partial charge in [-0.2, -0.15) is 0 Å². The monoisotopic (exact) mass is 331 g/mol. The van der Waals surface area contributed by atoms with Gasteiger partial charge in [-0.05, 0) is 45.7 Å². The molecule has 3 rings (SSSR count). The molecule has 1 aromatic heterocycles. The van der Waals surface area contributed by atoms with Crippen molar-refractivity contribution in [1.29, 1.82) is 0 Å². The van der Waals surface area contributed by atoms with Crippen LogP contribution in [0.3, 0.4) is 0 Å². The molecule has 6 heteroatoms. The van der Waals surface area contributed by atoms with Gasteiger partial charge in [-0.15, -0.1) is 10.2 Å². The number of nitrogens with zero attached hydrogens (tertiary/aromatic N) is 3. The van der Waals surface area contributed by atoms with Gasteiger partial charge >= 0.3 is 5.97 Å². The summed E-state index contributed by atoms with van der Waals surface area (Å²) in [4.78, 5) is 11.9.